The van der Waals surface area contributed by atoms with E-state index < -0.39 is 16.8 Å². The van der Waals surface area contributed by atoms with E-state index in [9.17, 15) is 14.5 Å². The van der Waals surface area contributed by atoms with Crippen LogP contribution < -0.4 is 10.5 Å². The van der Waals surface area contributed by atoms with Gasteiger partial charge in [-0.1, -0.05) is 0 Å². The number of ether oxygens (including phenoxy) is 1. The average Bonchev–Trinajstić information content (AvgIpc) is 2.49. The van der Waals surface area contributed by atoms with Crippen LogP contribution in [0.5, 0.6) is 5.75 Å². The van der Waals surface area contributed by atoms with Gasteiger partial charge in [0.2, 0.25) is 5.75 Å². The van der Waals surface area contributed by atoms with Crippen molar-refractivity contribution in [2.24, 2.45) is 5.73 Å². The van der Waals surface area contributed by atoms with Crippen LogP contribution in [0.25, 0.3) is 0 Å². The Morgan fingerprint density at radius 1 is 1.64 bits per heavy atom. The molecular weight excluding hydrogens is 191 g/mol. The number of nitro benzene ring substituents is 1. The number of hydrogen-bond donors (Lipinski definition) is 1. The van der Waals surface area contributed by atoms with Gasteiger partial charge in [0.15, 0.2) is 0 Å². The SMILES string of the molecule is N[C@@H]1COc2c([N+](=O)[O-])ccc(F)c21. The third-order valence-electron chi connectivity index (χ3n) is 2.10. The van der Waals surface area contributed by atoms with Crippen molar-refractivity contribution in [2.45, 2.75) is 6.04 Å². The Hall–Kier alpha value is -1.69. The molecule has 6 heteroatoms. The summed E-state index contributed by atoms with van der Waals surface area (Å²) < 4.78 is 18.2. The van der Waals surface area contributed by atoms with Gasteiger partial charge in [0, 0.05) is 6.07 Å². The van der Waals surface area contributed by atoms with Crippen LogP contribution in [0.2, 0.25) is 0 Å². The molecule has 0 saturated heterocycles. The Morgan fingerprint density at radius 2 is 2.36 bits per heavy atom. The van der Waals surface area contributed by atoms with Crippen molar-refractivity contribution >= 4 is 5.69 Å². The summed E-state index contributed by atoms with van der Waals surface area (Å²) >= 11 is 0. The first-order valence-electron chi connectivity index (χ1n) is 3.96. The summed E-state index contributed by atoms with van der Waals surface area (Å²) in [6.07, 6.45) is 0. The van der Waals surface area contributed by atoms with E-state index in [4.69, 9.17) is 10.5 Å². The fraction of sp³-hybridized carbons (Fsp3) is 0.250. The summed E-state index contributed by atoms with van der Waals surface area (Å²) in [5, 5.41) is 10.5. The van der Waals surface area contributed by atoms with E-state index in [1.54, 1.807) is 0 Å². The van der Waals surface area contributed by atoms with Crippen molar-refractivity contribution in [3.63, 3.8) is 0 Å². The molecule has 1 heterocycles. The van der Waals surface area contributed by atoms with Gasteiger partial charge in [0.1, 0.15) is 12.4 Å². The Balaban J connectivity index is 2.64. The quantitative estimate of drug-likeness (QED) is 0.541. The second-order valence-electron chi connectivity index (χ2n) is 2.98. The number of nitrogens with two attached hydrogens (primary N) is 1. The minimum absolute atomic E-state index is 0.0394. The molecule has 1 atom stereocenters. The molecule has 2 N–H and O–H groups in total. The Labute approximate surface area is 78.4 Å². The molecule has 1 aromatic carbocycles. The molecule has 0 unspecified atom stereocenters. The molecule has 0 amide bonds. The molecule has 0 radical (unpaired) electrons. The van der Waals surface area contributed by atoms with Crippen LogP contribution in [0.15, 0.2) is 12.1 Å². The second kappa shape index (κ2) is 2.91. The molecule has 0 aliphatic carbocycles. The van der Waals surface area contributed by atoms with E-state index in [1.165, 1.54) is 0 Å². The zero-order valence-electron chi connectivity index (χ0n) is 7.07. The van der Waals surface area contributed by atoms with Crippen LogP contribution in [0.4, 0.5) is 10.1 Å². The topological polar surface area (TPSA) is 78.4 Å². The van der Waals surface area contributed by atoms with E-state index in [0.717, 1.165) is 12.1 Å². The molecule has 74 valence electrons. The molecule has 0 bridgehead atoms. The molecule has 1 aliphatic heterocycles. The monoisotopic (exact) mass is 198 g/mol. The lowest BCUT2D eigenvalue weighted by atomic mass is 10.1. The van der Waals surface area contributed by atoms with Crippen LogP contribution in [0.1, 0.15) is 11.6 Å². The molecule has 1 aliphatic rings. The molecule has 0 fully saturated rings. The maximum atomic E-state index is 13.2. The number of rotatable bonds is 1. The fourth-order valence-corrected chi connectivity index (χ4v) is 1.46. The smallest absolute Gasteiger partial charge is 0.311 e. The number of benzene rings is 1. The van der Waals surface area contributed by atoms with Gasteiger partial charge in [-0.2, -0.15) is 0 Å². The molecule has 2 rings (SSSR count). The zero-order chi connectivity index (χ0) is 10.3. The lowest BCUT2D eigenvalue weighted by molar-refractivity contribution is -0.385. The lowest BCUT2D eigenvalue weighted by Crippen LogP contribution is -2.11. The van der Waals surface area contributed by atoms with Crippen LogP contribution in [0.3, 0.4) is 0 Å². The van der Waals surface area contributed by atoms with Gasteiger partial charge < -0.3 is 10.5 Å². The highest BCUT2D eigenvalue weighted by molar-refractivity contribution is 5.55. The second-order valence-corrected chi connectivity index (χ2v) is 2.98. The number of hydrogen-bond acceptors (Lipinski definition) is 4. The standard InChI is InChI=1S/C8H7FN2O3/c9-4-1-2-6(11(12)13)8-7(4)5(10)3-14-8/h1-2,5H,3,10H2/t5-/m1/s1. The maximum Gasteiger partial charge on any atom is 0.311 e. The summed E-state index contributed by atoms with van der Waals surface area (Å²) in [5.41, 5.74) is 5.38. The van der Waals surface area contributed by atoms with Crippen LogP contribution in [-0.4, -0.2) is 11.5 Å². The van der Waals surface area contributed by atoms with Crippen molar-refractivity contribution in [3.05, 3.63) is 33.6 Å². The minimum atomic E-state index is -0.620. The van der Waals surface area contributed by atoms with E-state index in [0.29, 0.717) is 0 Å². The molecular formula is C8H7FN2O3. The Morgan fingerprint density at radius 3 is 3.00 bits per heavy atom. The first-order chi connectivity index (χ1) is 6.61. The van der Waals surface area contributed by atoms with Crippen molar-refractivity contribution in [2.75, 3.05) is 6.61 Å². The van der Waals surface area contributed by atoms with Gasteiger partial charge in [0.05, 0.1) is 16.5 Å². The normalized spacial score (nSPS) is 18.9. The largest absolute Gasteiger partial charge is 0.484 e. The molecule has 0 aromatic heterocycles. The van der Waals surface area contributed by atoms with Gasteiger partial charge in [-0.05, 0) is 6.07 Å². The highest BCUT2D eigenvalue weighted by Gasteiger charge is 2.31. The van der Waals surface area contributed by atoms with E-state index in [2.05, 4.69) is 0 Å². The third kappa shape index (κ3) is 1.12. The van der Waals surface area contributed by atoms with Crippen molar-refractivity contribution in [3.8, 4) is 5.75 Å². The molecule has 14 heavy (non-hydrogen) atoms. The van der Waals surface area contributed by atoms with Crippen molar-refractivity contribution < 1.29 is 14.1 Å². The lowest BCUT2D eigenvalue weighted by Gasteiger charge is -2.02. The van der Waals surface area contributed by atoms with Gasteiger partial charge >= 0.3 is 5.69 Å². The first-order valence-corrected chi connectivity index (χ1v) is 3.96. The van der Waals surface area contributed by atoms with Crippen LogP contribution >= 0.6 is 0 Å². The zero-order valence-corrected chi connectivity index (χ0v) is 7.07. The summed E-state index contributed by atoms with van der Waals surface area (Å²) in [6, 6.07) is 1.49. The minimum Gasteiger partial charge on any atom is -0.484 e. The Kier molecular flexibility index (Phi) is 1.85. The predicted octanol–water partition coefficient (Wildman–Crippen LogP) is 1.13. The van der Waals surface area contributed by atoms with E-state index in [1.807, 2.05) is 0 Å². The summed E-state index contributed by atoms with van der Waals surface area (Å²) in [6.45, 7) is 0.0805. The van der Waals surface area contributed by atoms with Gasteiger partial charge in [-0.15, -0.1) is 0 Å². The van der Waals surface area contributed by atoms with Crippen molar-refractivity contribution in [1.29, 1.82) is 0 Å². The number of nitro groups is 1. The number of nitrogens with zero attached hydrogens (tertiary/aromatic N) is 1. The third-order valence-corrected chi connectivity index (χ3v) is 2.10. The Bertz CT molecular complexity index is 408. The van der Waals surface area contributed by atoms with Gasteiger partial charge in [-0.3, -0.25) is 10.1 Å². The highest BCUT2D eigenvalue weighted by Crippen LogP contribution is 2.40. The van der Waals surface area contributed by atoms with Crippen LogP contribution in [-0.2, 0) is 0 Å². The predicted molar refractivity (Wildman–Crippen MR) is 45.5 cm³/mol. The van der Waals surface area contributed by atoms with E-state index in [-0.39, 0.29) is 23.6 Å². The van der Waals surface area contributed by atoms with Gasteiger partial charge in [0.25, 0.3) is 0 Å². The molecule has 0 saturated carbocycles. The van der Waals surface area contributed by atoms with Crippen LogP contribution in [0, 0.1) is 15.9 Å². The summed E-state index contributed by atoms with van der Waals surface area (Å²) in [7, 11) is 0. The van der Waals surface area contributed by atoms with Gasteiger partial charge in [-0.25, -0.2) is 4.39 Å². The summed E-state index contributed by atoms with van der Waals surface area (Å²) in [5.74, 6) is -0.599. The number of fused-ring (bicyclic) bond motifs is 1. The number of halogens is 1. The van der Waals surface area contributed by atoms with E-state index >= 15 is 0 Å². The highest BCUT2D eigenvalue weighted by atomic mass is 19.1. The molecule has 5 nitrogen and oxygen atoms in total. The first kappa shape index (κ1) is 8.89. The van der Waals surface area contributed by atoms with Crippen molar-refractivity contribution in [1.82, 2.24) is 0 Å². The maximum absolute atomic E-state index is 13.2. The summed E-state index contributed by atoms with van der Waals surface area (Å²) in [4.78, 5) is 9.93. The molecule has 1 aromatic rings. The molecule has 0 spiro atoms. The average molecular weight is 198 g/mol. The fourth-order valence-electron chi connectivity index (χ4n) is 1.46.